The van der Waals surface area contributed by atoms with E-state index in [1.165, 1.54) is 25.7 Å². The van der Waals surface area contributed by atoms with Crippen molar-refractivity contribution in [2.24, 2.45) is 22.7 Å². The van der Waals surface area contributed by atoms with Crippen molar-refractivity contribution in [3.63, 3.8) is 0 Å². The average Bonchev–Trinajstić information content (AvgIpc) is 2.40. The number of aliphatic imine (C=N–C) groups is 1. The van der Waals surface area contributed by atoms with Crippen molar-refractivity contribution in [3.8, 4) is 6.07 Å². The van der Waals surface area contributed by atoms with Crippen LogP contribution in [0.3, 0.4) is 0 Å². The second kappa shape index (κ2) is 5.95. The summed E-state index contributed by atoms with van der Waals surface area (Å²) in [7, 11) is 0. The monoisotopic (exact) mass is 244 g/mol. The molecule has 0 radical (unpaired) electrons. The van der Waals surface area contributed by atoms with E-state index in [0.717, 1.165) is 24.5 Å². The summed E-state index contributed by atoms with van der Waals surface area (Å²) in [6.07, 6.45) is 10.9. The summed E-state index contributed by atoms with van der Waals surface area (Å²) in [5, 5.41) is 8.76. The Kier molecular flexibility index (Phi) is 4.30. The van der Waals surface area contributed by atoms with Gasteiger partial charge in [0, 0.05) is 11.6 Å². The van der Waals surface area contributed by atoms with E-state index in [1.54, 1.807) is 6.08 Å². The SMILES string of the molecule is CCCC1CCC(C2=NC(=O)C(C#N)C=C2)CC1. The normalized spacial score (nSPS) is 31.9. The van der Waals surface area contributed by atoms with Gasteiger partial charge in [0.1, 0.15) is 5.92 Å². The lowest BCUT2D eigenvalue weighted by Crippen LogP contribution is -2.25. The number of nitrogens with zero attached hydrogens (tertiary/aromatic N) is 2. The zero-order valence-electron chi connectivity index (χ0n) is 10.9. The van der Waals surface area contributed by atoms with Gasteiger partial charge in [-0.25, -0.2) is 4.99 Å². The zero-order valence-corrected chi connectivity index (χ0v) is 10.9. The molecular formula is C15H20N2O. The molecule has 2 aliphatic rings. The fraction of sp³-hybridized carbons (Fsp3) is 0.667. The van der Waals surface area contributed by atoms with Crippen LogP contribution in [0.1, 0.15) is 45.4 Å². The molecule has 0 saturated heterocycles. The molecule has 1 saturated carbocycles. The highest BCUT2D eigenvalue weighted by Crippen LogP contribution is 2.33. The molecule has 3 heteroatoms. The number of allylic oxidation sites excluding steroid dienone is 1. The predicted molar refractivity (Wildman–Crippen MR) is 71.0 cm³/mol. The maximum atomic E-state index is 11.6. The lowest BCUT2D eigenvalue weighted by molar-refractivity contribution is -0.119. The van der Waals surface area contributed by atoms with Crippen molar-refractivity contribution >= 4 is 11.6 Å². The van der Waals surface area contributed by atoms with Crippen LogP contribution in [0.2, 0.25) is 0 Å². The first-order chi connectivity index (χ1) is 8.74. The topological polar surface area (TPSA) is 53.2 Å². The first kappa shape index (κ1) is 13.0. The van der Waals surface area contributed by atoms with Gasteiger partial charge in [0.2, 0.25) is 0 Å². The molecule has 1 heterocycles. The highest BCUT2D eigenvalue weighted by atomic mass is 16.1. The standard InChI is InChI=1S/C15H20N2O/c1-2-3-11-4-6-12(7-5-11)14-9-8-13(10-16)15(18)17-14/h8-9,11-13H,2-7H2,1H3. The summed E-state index contributed by atoms with van der Waals surface area (Å²) in [5.74, 6) is 0.343. The van der Waals surface area contributed by atoms with E-state index in [-0.39, 0.29) is 5.91 Å². The number of carbonyl (C=O) groups excluding carboxylic acids is 1. The minimum atomic E-state index is -0.662. The van der Waals surface area contributed by atoms with Crippen LogP contribution in [0.15, 0.2) is 17.1 Å². The maximum Gasteiger partial charge on any atom is 0.267 e. The summed E-state index contributed by atoms with van der Waals surface area (Å²) in [4.78, 5) is 15.7. The lowest BCUT2D eigenvalue weighted by atomic mass is 9.77. The number of amides is 1. The Bertz CT molecular complexity index is 409. The molecule has 1 atom stereocenters. The second-order valence-electron chi connectivity index (χ2n) is 5.35. The minimum absolute atomic E-state index is 0.286. The van der Waals surface area contributed by atoms with Crippen LogP contribution < -0.4 is 0 Å². The van der Waals surface area contributed by atoms with E-state index >= 15 is 0 Å². The summed E-state index contributed by atoms with van der Waals surface area (Å²) in [5.41, 5.74) is 0.904. The number of dihydropyridines is 1. The van der Waals surface area contributed by atoms with Gasteiger partial charge in [0.25, 0.3) is 5.91 Å². The van der Waals surface area contributed by atoms with Gasteiger partial charge < -0.3 is 0 Å². The van der Waals surface area contributed by atoms with Crippen molar-refractivity contribution in [1.29, 1.82) is 5.26 Å². The molecule has 96 valence electrons. The van der Waals surface area contributed by atoms with E-state index in [4.69, 9.17) is 5.26 Å². The molecule has 1 amide bonds. The Morgan fingerprint density at radius 3 is 2.67 bits per heavy atom. The van der Waals surface area contributed by atoms with E-state index in [1.807, 2.05) is 12.1 Å². The first-order valence-electron chi connectivity index (χ1n) is 6.94. The Morgan fingerprint density at radius 2 is 2.11 bits per heavy atom. The van der Waals surface area contributed by atoms with Gasteiger partial charge in [-0.2, -0.15) is 5.26 Å². The molecular weight excluding hydrogens is 224 g/mol. The summed E-state index contributed by atoms with van der Waals surface area (Å²) >= 11 is 0. The van der Waals surface area contributed by atoms with Crippen LogP contribution in [0.4, 0.5) is 0 Å². The molecule has 0 aromatic heterocycles. The van der Waals surface area contributed by atoms with Gasteiger partial charge in [-0.3, -0.25) is 4.79 Å². The average molecular weight is 244 g/mol. The first-order valence-corrected chi connectivity index (χ1v) is 6.94. The molecule has 1 unspecified atom stereocenters. The van der Waals surface area contributed by atoms with E-state index in [2.05, 4.69) is 11.9 Å². The molecule has 3 nitrogen and oxygen atoms in total. The molecule has 0 bridgehead atoms. The molecule has 1 aliphatic carbocycles. The maximum absolute atomic E-state index is 11.6. The highest BCUT2D eigenvalue weighted by Gasteiger charge is 2.27. The summed E-state index contributed by atoms with van der Waals surface area (Å²) in [6.45, 7) is 2.24. The van der Waals surface area contributed by atoms with Gasteiger partial charge in [0.05, 0.1) is 6.07 Å². The smallest absolute Gasteiger partial charge is 0.267 e. The fourth-order valence-corrected chi connectivity index (χ4v) is 2.99. The van der Waals surface area contributed by atoms with E-state index < -0.39 is 5.92 Å². The van der Waals surface area contributed by atoms with E-state index in [9.17, 15) is 4.79 Å². The largest absolute Gasteiger partial charge is 0.271 e. The van der Waals surface area contributed by atoms with Gasteiger partial charge in [0.15, 0.2) is 0 Å². The minimum Gasteiger partial charge on any atom is -0.271 e. The van der Waals surface area contributed by atoms with Gasteiger partial charge >= 0.3 is 0 Å². The van der Waals surface area contributed by atoms with Crippen LogP contribution in [-0.4, -0.2) is 11.6 Å². The molecule has 0 aromatic rings. The van der Waals surface area contributed by atoms with E-state index in [0.29, 0.717) is 5.92 Å². The quantitative estimate of drug-likeness (QED) is 0.765. The van der Waals surface area contributed by atoms with Crippen molar-refractivity contribution in [2.45, 2.75) is 45.4 Å². The number of carbonyl (C=O) groups is 1. The molecule has 18 heavy (non-hydrogen) atoms. The molecule has 1 aliphatic heterocycles. The molecule has 1 fully saturated rings. The highest BCUT2D eigenvalue weighted by molar-refractivity contribution is 6.07. The Balaban J connectivity index is 1.93. The Morgan fingerprint density at radius 1 is 1.39 bits per heavy atom. The van der Waals surface area contributed by atoms with Crippen molar-refractivity contribution in [1.82, 2.24) is 0 Å². The molecule has 0 spiro atoms. The Hall–Kier alpha value is -1.43. The predicted octanol–water partition coefficient (Wildman–Crippen LogP) is 3.27. The number of hydrogen-bond acceptors (Lipinski definition) is 2. The Labute approximate surface area is 109 Å². The second-order valence-corrected chi connectivity index (χ2v) is 5.35. The summed E-state index contributed by atoms with van der Waals surface area (Å²) in [6, 6.07) is 1.96. The zero-order chi connectivity index (χ0) is 13.0. The van der Waals surface area contributed by atoms with Crippen LogP contribution in [0, 0.1) is 29.1 Å². The number of rotatable bonds is 3. The third kappa shape index (κ3) is 2.87. The van der Waals surface area contributed by atoms with Gasteiger partial charge in [-0.1, -0.05) is 25.8 Å². The van der Waals surface area contributed by atoms with Crippen molar-refractivity contribution < 1.29 is 4.79 Å². The molecule has 0 N–H and O–H groups in total. The van der Waals surface area contributed by atoms with Crippen LogP contribution in [0.5, 0.6) is 0 Å². The number of hydrogen-bond donors (Lipinski definition) is 0. The number of nitriles is 1. The third-order valence-electron chi connectivity index (χ3n) is 4.07. The van der Waals surface area contributed by atoms with Crippen LogP contribution in [-0.2, 0) is 4.79 Å². The van der Waals surface area contributed by atoms with Gasteiger partial charge in [-0.15, -0.1) is 0 Å². The van der Waals surface area contributed by atoms with Crippen molar-refractivity contribution in [2.75, 3.05) is 0 Å². The van der Waals surface area contributed by atoms with Crippen LogP contribution >= 0.6 is 0 Å². The van der Waals surface area contributed by atoms with Crippen molar-refractivity contribution in [3.05, 3.63) is 12.2 Å². The fourth-order valence-electron chi connectivity index (χ4n) is 2.99. The molecule has 2 rings (SSSR count). The third-order valence-corrected chi connectivity index (χ3v) is 4.07. The molecule has 0 aromatic carbocycles. The summed E-state index contributed by atoms with van der Waals surface area (Å²) < 4.78 is 0. The van der Waals surface area contributed by atoms with Crippen LogP contribution in [0.25, 0.3) is 0 Å². The van der Waals surface area contributed by atoms with Gasteiger partial charge in [-0.05, 0) is 37.7 Å². The lowest BCUT2D eigenvalue weighted by Gasteiger charge is -2.29.